The first-order chi connectivity index (χ1) is 26.0. The van der Waals surface area contributed by atoms with Gasteiger partial charge in [0.05, 0.1) is 28.4 Å². The van der Waals surface area contributed by atoms with Crippen molar-refractivity contribution in [1.82, 2.24) is 10.1 Å². The highest BCUT2D eigenvalue weighted by Crippen LogP contribution is 2.42. The van der Waals surface area contributed by atoms with E-state index >= 15 is 0 Å². The van der Waals surface area contributed by atoms with Crippen LogP contribution in [0.1, 0.15) is 146 Å². The van der Waals surface area contributed by atoms with E-state index in [4.69, 9.17) is 38.1 Å². The SMILES string of the molecule is CC.COC(=O)C(ON1C(C)(C)CC(OC(=O)CCCCCCCCC(=O)OC2CC(C)(C)N(OC(C(=O)OC)C(=O)OC)C(C)(C)C2)CC1(C)C)C(=O)OC. The standard InChI is InChI=1S/C38H64N2O14.C2H6/c1-35(2)21-25(22-36(3,4)39(35)53-29(31(43)47-9)32(44)48-10)51-27(41)19-17-15-13-14-16-18-20-28(42)52-26-23-37(5,6)40(38(7,8)24-26)54-30(33(45)49-11)34(46)50-12;1-2/h25-26,29-30H,13-24H2,1-12H3;1-2H3. The van der Waals surface area contributed by atoms with Crippen LogP contribution in [0.15, 0.2) is 0 Å². The van der Waals surface area contributed by atoms with Crippen LogP contribution in [0, 0.1) is 0 Å². The third kappa shape index (κ3) is 14.9. The molecule has 0 radical (unpaired) electrons. The van der Waals surface area contributed by atoms with Crippen molar-refractivity contribution in [2.45, 2.75) is 193 Å². The van der Waals surface area contributed by atoms with E-state index in [0.717, 1.165) is 25.7 Å². The number of methoxy groups -OCH3 is 4. The molecule has 2 fully saturated rings. The largest absolute Gasteiger partial charge is 0.467 e. The number of piperidine rings is 2. The smallest absolute Gasteiger partial charge is 0.348 e. The first-order valence-electron chi connectivity index (χ1n) is 19.7. The Morgan fingerprint density at radius 2 is 0.696 bits per heavy atom. The molecule has 0 saturated carbocycles. The van der Waals surface area contributed by atoms with Crippen LogP contribution in [0.4, 0.5) is 0 Å². The number of hydroxylamine groups is 4. The minimum Gasteiger partial charge on any atom is -0.467 e. The molecule has 16 heteroatoms. The number of carbonyl (C=O) groups is 6. The van der Waals surface area contributed by atoms with Gasteiger partial charge in [-0.2, -0.15) is 10.1 Å². The molecule has 0 N–H and O–H groups in total. The van der Waals surface area contributed by atoms with Gasteiger partial charge in [-0.3, -0.25) is 19.3 Å². The summed E-state index contributed by atoms with van der Waals surface area (Å²) >= 11 is 0. The number of rotatable bonds is 19. The van der Waals surface area contributed by atoms with Gasteiger partial charge in [-0.25, -0.2) is 19.2 Å². The highest BCUT2D eigenvalue weighted by molar-refractivity contribution is 5.98. The number of hydrogen-bond donors (Lipinski definition) is 0. The highest BCUT2D eigenvalue weighted by atomic mass is 16.7. The molecule has 2 aliphatic rings. The van der Waals surface area contributed by atoms with E-state index in [-0.39, 0.29) is 24.1 Å². The van der Waals surface area contributed by atoms with E-state index in [2.05, 4.69) is 0 Å². The van der Waals surface area contributed by atoms with E-state index in [9.17, 15) is 28.8 Å². The molecular weight excluding hydrogens is 732 g/mol. The summed E-state index contributed by atoms with van der Waals surface area (Å²) in [5, 5.41) is 3.20. The molecule has 0 aliphatic carbocycles. The van der Waals surface area contributed by atoms with Crippen molar-refractivity contribution in [1.29, 1.82) is 0 Å². The van der Waals surface area contributed by atoms with Gasteiger partial charge in [0.1, 0.15) is 12.2 Å². The molecule has 0 bridgehead atoms. The Bertz CT molecular complexity index is 1150. The van der Waals surface area contributed by atoms with Gasteiger partial charge in [0.2, 0.25) is 0 Å². The monoisotopic (exact) mass is 802 g/mol. The molecule has 0 amide bonds. The lowest BCUT2D eigenvalue weighted by atomic mass is 9.80. The van der Waals surface area contributed by atoms with Crippen LogP contribution < -0.4 is 0 Å². The third-order valence-electron chi connectivity index (χ3n) is 9.80. The minimum atomic E-state index is -1.57. The zero-order chi connectivity index (χ0) is 43.1. The predicted octanol–water partition coefficient (Wildman–Crippen LogP) is 5.56. The van der Waals surface area contributed by atoms with Crippen molar-refractivity contribution < 1.29 is 66.9 Å². The summed E-state index contributed by atoms with van der Waals surface area (Å²) in [7, 11) is 4.66. The summed E-state index contributed by atoms with van der Waals surface area (Å²) in [5.74, 6) is -4.03. The van der Waals surface area contributed by atoms with Gasteiger partial charge in [0.25, 0.3) is 12.2 Å². The molecule has 0 atom stereocenters. The predicted molar refractivity (Wildman–Crippen MR) is 204 cm³/mol. The first-order valence-corrected chi connectivity index (χ1v) is 19.7. The number of hydrogen-bond acceptors (Lipinski definition) is 16. The summed E-state index contributed by atoms with van der Waals surface area (Å²) < 4.78 is 30.6. The van der Waals surface area contributed by atoms with Crippen LogP contribution in [0.25, 0.3) is 0 Å². The summed E-state index contributed by atoms with van der Waals surface area (Å²) in [6.07, 6.45) is 3.29. The van der Waals surface area contributed by atoms with Gasteiger partial charge in [-0.05, 0) is 68.2 Å². The Morgan fingerprint density at radius 3 is 0.929 bits per heavy atom. The molecule has 0 aromatic carbocycles. The molecule has 0 unspecified atom stereocenters. The van der Waals surface area contributed by atoms with Crippen LogP contribution in [0.5, 0.6) is 0 Å². The average molecular weight is 803 g/mol. The van der Waals surface area contributed by atoms with Crippen molar-refractivity contribution in [2.75, 3.05) is 28.4 Å². The lowest BCUT2D eigenvalue weighted by Crippen LogP contribution is -2.64. The Morgan fingerprint density at radius 1 is 0.464 bits per heavy atom. The molecule has 324 valence electrons. The molecular formula is C40H70N2O14. The molecule has 56 heavy (non-hydrogen) atoms. The quantitative estimate of drug-likeness (QED) is 0.0685. The second kappa shape index (κ2) is 22.6. The minimum absolute atomic E-state index is 0.277. The van der Waals surface area contributed by atoms with Gasteiger partial charge >= 0.3 is 35.8 Å². The fourth-order valence-corrected chi connectivity index (χ4v) is 7.82. The van der Waals surface area contributed by atoms with Crippen molar-refractivity contribution in [3.05, 3.63) is 0 Å². The number of ether oxygens (including phenoxy) is 6. The van der Waals surface area contributed by atoms with E-state index in [0.29, 0.717) is 51.4 Å². The van der Waals surface area contributed by atoms with Crippen molar-refractivity contribution in [3.63, 3.8) is 0 Å². The van der Waals surface area contributed by atoms with E-state index in [1.807, 2.05) is 69.2 Å². The van der Waals surface area contributed by atoms with Crippen molar-refractivity contribution in [2.24, 2.45) is 0 Å². The molecule has 2 heterocycles. The van der Waals surface area contributed by atoms with E-state index < -0.39 is 58.2 Å². The maximum Gasteiger partial charge on any atom is 0.348 e. The Balaban J connectivity index is 0.00000771. The molecule has 0 aromatic rings. The summed E-state index contributed by atoms with van der Waals surface area (Å²) in [6, 6.07) is 0. The molecule has 2 aliphatic heterocycles. The van der Waals surface area contributed by atoms with Crippen molar-refractivity contribution in [3.8, 4) is 0 Å². The molecule has 16 nitrogen and oxygen atoms in total. The van der Waals surface area contributed by atoms with Crippen LogP contribution in [0.3, 0.4) is 0 Å². The number of nitrogens with zero attached hydrogens (tertiary/aromatic N) is 2. The van der Waals surface area contributed by atoms with Crippen LogP contribution in [-0.2, 0) is 66.9 Å². The second-order valence-electron chi connectivity index (χ2n) is 16.6. The molecule has 2 saturated heterocycles. The molecule has 2 rings (SSSR count). The van der Waals surface area contributed by atoms with Crippen LogP contribution in [0.2, 0.25) is 0 Å². The summed E-state index contributed by atoms with van der Waals surface area (Å²) in [5.41, 5.74) is -2.77. The van der Waals surface area contributed by atoms with Gasteiger partial charge in [-0.1, -0.05) is 39.5 Å². The number of esters is 6. The maximum atomic E-state index is 12.8. The molecule has 0 aromatic heterocycles. The zero-order valence-corrected chi connectivity index (χ0v) is 36.4. The number of carbonyl (C=O) groups excluding carboxylic acids is 6. The lowest BCUT2D eigenvalue weighted by molar-refractivity contribution is -0.310. The summed E-state index contributed by atoms with van der Waals surface area (Å²) in [4.78, 5) is 86.2. The Kier molecular flexibility index (Phi) is 20.4. The normalized spacial score (nSPS) is 19.3. The summed E-state index contributed by atoms with van der Waals surface area (Å²) in [6.45, 7) is 19.1. The van der Waals surface area contributed by atoms with Gasteiger partial charge < -0.3 is 28.4 Å². The van der Waals surface area contributed by atoms with Gasteiger partial charge in [-0.15, -0.1) is 0 Å². The zero-order valence-electron chi connectivity index (χ0n) is 36.4. The van der Waals surface area contributed by atoms with Gasteiger partial charge in [0, 0.05) is 60.7 Å². The molecule has 0 spiro atoms. The van der Waals surface area contributed by atoms with Crippen LogP contribution >= 0.6 is 0 Å². The van der Waals surface area contributed by atoms with E-state index in [1.165, 1.54) is 28.4 Å². The fraction of sp³-hybridized carbons (Fsp3) is 0.850. The highest BCUT2D eigenvalue weighted by Gasteiger charge is 2.52. The third-order valence-corrected chi connectivity index (χ3v) is 9.80. The van der Waals surface area contributed by atoms with Crippen LogP contribution in [-0.4, -0.2) is 121 Å². The lowest BCUT2D eigenvalue weighted by Gasteiger charge is -2.53. The first kappa shape index (κ1) is 50.7. The Hall–Kier alpha value is -3.34. The second-order valence-corrected chi connectivity index (χ2v) is 16.6. The van der Waals surface area contributed by atoms with Gasteiger partial charge in [0.15, 0.2) is 0 Å². The van der Waals surface area contributed by atoms with Crippen molar-refractivity contribution >= 4 is 35.8 Å². The maximum absolute atomic E-state index is 12.8. The van der Waals surface area contributed by atoms with E-state index in [1.54, 1.807) is 10.1 Å². The average Bonchev–Trinajstić information content (AvgIpc) is 3.10. The Labute approximate surface area is 333 Å². The fourth-order valence-electron chi connectivity index (χ4n) is 7.82. The topological polar surface area (TPSA) is 183 Å². The number of unbranched alkanes of at least 4 members (excludes halogenated alkanes) is 5.